The van der Waals surface area contributed by atoms with Crippen molar-refractivity contribution in [2.45, 2.75) is 57.8 Å². The van der Waals surface area contributed by atoms with Crippen LogP contribution in [-0.2, 0) is 16.1 Å². The first-order chi connectivity index (χ1) is 19.1. The molecule has 4 atom stereocenters. The number of likely N-dealkylation sites (tertiary alicyclic amines) is 1. The zero-order valence-electron chi connectivity index (χ0n) is 23.3. The van der Waals surface area contributed by atoms with E-state index < -0.39 is 30.0 Å². The van der Waals surface area contributed by atoms with Crippen molar-refractivity contribution in [3.63, 3.8) is 0 Å². The summed E-state index contributed by atoms with van der Waals surface area (Å²) in [6.45, 7) is 5.91. The summed E-state index contributed by atoms with van der Waals surface area (Å²) < 4.78 is 10.5. The number of carbonyl (C=O) groups excluding carboxylic acids is 3. The molecule has 0 aliphatic carbocycles. The van der Waals surface area contributed by atoms with Crippen LogP contribution >= 0.6 is 0 Å². The van der Waals surface area contributed by atoms with Gasteiger partial charge in [0.25, 0.3) is 11.8 Å². The van der Waals surface area contributed by atoms with Crippen molar-refractivity contribution in [3.8, 4) is 5.88 Å². The molecule has 3 aromatic rings. The van der Waals surface area contributed by atoms with E-state index in [0.29, 0.717) is 18.1 Å². The number of amides is 3. The van der Waals surface area contributed by atoms with E-state index in [9.17, 15) is 19.5 Å². The highest BCUT2D eigenvalue weighted by Crippen LogP contribution is 2.37. The molecule has 1 saturated heterocycles. The number of aliphatic hydroxyl groups excluding tert-OH is 1. The van der Waals surface area contributed by atoms with Crippen LogP contribution in [0.25, 0.3) is 0 Å². The second-order valence-electron chi connectivity index (χ2n) is 10.4. The van der Waals surface area contributed by atoms with Gasteiger partial charge in [0, 0.05) is 32.6 Å². The van der Waals surface area contributed by atoms with Crippen LogP contribution in [-0.4, -0.2) is 80.6 Å². The van der Waals surface area contributed by atoms with Crippen molar-refractivity contribution in [2.75, 3.05) is 20.7 Å². The Morgan fingerprint density at radius 3 is 2.62 bits per heavy atom. The van der Waals surface area contributed by atoms with Crippen molar-refractivity contribution in [3.05, 3.63) is 65.4 Å². The lowest BCUT2D eigenvalue weighted by Crippen LogP contribution is -2.45. The molecule has 1 aliphatic heterocycles. The number of hydrogen-bond donors (Lipinski definition) is 3. The lowest BCUT2D eigenvalue weighted by Gasteiger charge is -2.28. The number of β-amino-alcohol motifs (C(OH)–C–C–N with tert-alkyl or cyclic N) is 1. The van der Waals surface area contributed by atoms with Gasteiger partial charge in [0.1, 0.15) is 23.5 Å². The third-order valence-corrected chi connectivity index (χ3v) is 7.25. The normalized spacial score (nSPS) is 18.4. The largest absolute Gasteiger partial charge is 0.479 e. The first kappa shape index (κ1) is 28.8. The van der Waals surface area contributed by atoms with Gasteiger partial charge < -0.3 is 34.5 Å². The fraction of sp³-hybridized carbons (Fsp3) is 0.464. The van der Waals surface area contributed by atoms with Crippen molar-refractivity contribution >= 4 is 17.7 Å². The number of methoxy groups -OCH3 is 1. The number of ether oxygens (including phenoxy) is 1. The Kier molecular flexibility index (Phi) is 8.88. The van der Waals surface area contributed by atoms with Gasteiger partial charge in [-0.2, -0.15) is 0 Å². The van der Waals surface area contributed by atoms with E-state index in [1.165, 1.54) is 18.2 Å². The molecule has 40 heavy (non-hydrogen) atoms. The van der Waals surface area contributed by atoms with Gasteiger partial charge in [0.05, 0.1) is 25.5 Å². The average Bonchev–Trinajstić information content (AvgIpc) is 3.70. The van der Waals surface area contributed by atoms with E-state index in [2.05, 4.69) is 20.4 Å². The van der Waals surface area contributed by atoms with Gasteiger partial charge in [-0.25, -0.2) is 4.98 Å². The van der Waals surface area contributed by atoms with Crippen LogP contribution in [0.2, 0.25) is 0 Å². The molecule has 12 nitrogen and oxygen atoms in total. The third-order valence-electron chi connectivity index (χ3n) is 7.25. The number of rotatable bonds is 10. The molecule has 214 valence electrons. The van der Waals surface area contributed by atoms with Gasteiger partial charge >= 0.3 is 0 Å². The number of hydrogen-bond acceptors (Lipinski definition) is 8. The maximum atomic E-state index is 13.7. The smallest absolute Gasteiger partial charge is 0.272 e. The molecule has 1 aromatic carbocycles. The minimum Gasteiger partial charge on any atom is -0.479 e. The second-order valence-corrected chi connectivity index (χ2v) is 10.4. The standard InChI is InChI=1S/C28H36N6O6/c1-16(2)24(22-12-23(39-5)32-40-22)28(38)34-15-19(35)11-21(34)25-29-14-20(31-25)27(37)33(4)17(3)26(36)30-13-18-9-7-6-8-10-18/h6-10,12,14,16-17,19,21,24,35H,11,13,15H2,1-5H3,(H,29,31)(H,30,36)/t17-,19-,21+,24?/m1/s1. The molecule has 0 bridgehead atoms. The Hall–Kier alpha value is -4.19. The van der Waals surface area contributed by atoms with E-state index in [1.54, 1.807) is 24.9 Å². The molecule has 0 radical (unpaired) electrons. The van der Waals surface area contributed by atoms with Gasteiger partial charge in [-0.15, -0.1) is 0 Å². The fourth-order valence-corrected chi connectivity index (χ4v) is 4.83. The Balaban J connectivity index is 1.46. The Bertz CT molecular complexity index is 1320. The first-order valence-electron chi connectivity index (χ1n) is 13.2. The van der Waals surface area contributed by atoms with Crippen LogP contribution in [0.1, 0.15) is 66.8 Å². The van der Waals surface area contributed by atoms with E-state index in [-0.39, 0.29) is 42.3 Å². The van der Waals surface area contributed by atoms with Crippen LogP contribution in [0.15, 0.2) is 47.1 Å². The number of aliphatic hydroxyl groups is 1. The van der Waals surface area contributed by atoms with Gasteiger partial charge in [0.15, 0.2) is 5.76 Å². The lowest BCUT2D eigenvalue weighted by atomic mass is 9.91. The topological polar surface area (TPSA) is 154 Å². The molecular formula is C28H36N6O6. The summed E-state index contributed by atoms with van der Waals surface area (Å²) in [6.07, 6.45) is 0.884. The van der Waals surface area contributed by atoms with E-state index >= 15 is 0 Å². The summed E-state index contributed by atoms with van der Waals surface area (Å²) in [4.78, 5) is 49.9. The minimum atomic E-state index is -0.758. The van der Waals surface area contributed by atoms with Crippen LogP contribution in [0.3, 0.4) is 0 Å². The van der Waals surface area contributed by atoms with E-state index in [0.717, 1.165) is 5.56 Å². The molecule has 3 N–H and O–H groups in total. The van der Waals surface area contributed by atoms with Crippen LogP contribution < -0.4 is 10.1 Å². The monoisotopic (exact) mass is 552 g/mol. The zero-order valence-corrected chi connectivity index (χ0v) is 23.3. The molecule has 4 rings (SSSR count). The lowest BCUT2D eigenvalue weighted by molar-refractivity contribution is -0.135. The Morgan fingerprint density at radius 1 is 1.25 bits per heavy atom. The molecule has 0 spiro atoms. The molecular weight excluding hydrogens is 516 g/mol. The summed E-state index contributed by atoms with van der Waals surface area (Å²) in [5.41, 5.74) is 1.13. The number of H-pyrrole nitrogens is 1. The second kappa shape index (κ2) is 12.3. The zero-order chi connectivity index (χ0) is 29.0. The summed E-state index contributed by atoms with van der Waals surface area (Å²) in [7, 11) is 3.01. The molecule has 2 aromatic heterocycles. The van der Waals surface area contributed by atoms with Crippen molar-refractivity contribution < 1.29 is 28.8 Å². The van der Waals surface area contributed by atoms with E-state index in [1.807, 2.05) is 44.2 Å². The highest BCUT2D eigenvalue weighted by Gasteiger charge is 2.42. The molecule has 3 heterocycles. The number of benzene rings is 1. The van der Waals surface area contributed by atoms with Crippen molar-refractivity contribution in [1.29, 1.82) is 0 Å². The fourth-order valence-electron chi connectivity index (χ4n) is 4.83. The van der Waals surface area contributed by atoms with Gasteiger partial charge in [0.2, 0.25) is 11.8 Å². The third kappa shape index (κ3) is 6.17. The van der Waals surface area contributed by atoms with Crippen LogP contribution in [0, 0.1) is 5.92 Å². The summed E-state index contributed by atoms with van der Waals surface area (Å²) in [5.74, 6) is -0.727. The maximum absolute atomic E-state index is 13.7. The highest BCUT2D eigenvalue weighted by molar-refractivity contribution is 5.95. The maximum Gasteiger partial charge on any atom is 0.272 e. The summed E-state index contributed by atoms with van der Waals surface area (Å²) >= 11 is 0. The van der Waals surface area contributed by atoms with Crippen LogP contribution in [0.4, 0.5) is 0 Å². The molecule has 1 unspecified atom stereocenters. The Morgan fingerprint density at radius 2 is 1.98 bits per heavy atom. The molecule has 12 heteroatoms. The quantitative estimate of drug-likeness (QED) is 0.346. The molecule has 3 amide bonds. The van der Waals surface area contributed by atoms with Crippen molar-refractivity contribution in [2.24, 2.45) is 5.92 Å². The summed E-state index contributed by atoms with van der Waals surface area (Å²) in [5, 5.41) is 17.1. The predicted octanol–water partition coefficient (Wildman–Crippen LogP) is 2.26. The SMILES string of the molecule is COc1cc(C(C(=O)N2C[C@H](O)C[C@H]2c2ncc(C(=O)N(C)[C@H](C)C(=O)NCc3ccccc3)[nH]2)C(C)C)on1. The molecule has 0 saturated carbocycles. The molecule has 1 aliphatic rings. The number of imidazole rings is 1. The number of carbonyl (C=O) groups is 3. The van der Waals surface area contributed by atoms with Gasteiger partial charge in [-0.05, 0) is 23.6 Å². The Labute approximate surface area is 232 Å². The summed E-state index contributed by atoms with van der Waals surface area (Å²) in [6, 6.07) is 9.77. The minimum absolute atomic E-state index is 0.112. The number of nitrogens with zero attached hydrogens (tertiary/aromatic N) is 4. The number of aromatic amines is 1. The van der Waals surface area contributed by atoms with Crippen LogP contribution in [0.5, 0.6) is 5.88 Å². The average molecular weight is 553 g/mol. The van der Waals surface area contributed by atoms with E-state index in [4.69, 9.17) is 9.26 Å². The predicted molar refractivity (Wildman–Crippen MR) is 144 cm³/mol. The highest BCUT2D eigenvalue weighted by atomic mass is 16.5. The van der Waals surface area contributed by atoms with Crippen molar-refractivity contribution in [1.82, 2.24) is 30.2 Å². The number of likely N-dealkylation sites (N-methyl/N-ethyl adjacent to an activating group) is 1. The number of nitrogens with one attached hydrogen (secondary N) is 2. The molecule has 1 fully saturated rings. The van der Waals surface area contributed by atoms with Gasteiger partial charge in [-0.3, -0.25) is 14.4 Å². The van der Waals surface area contributed by atoms with Gasteiger partial charge in [-0.1, -0.05) is 44.2 Å². The first-order valence-corrected chi connectivity index (χ1v) is 13.2. The number of aromatic nitrogens is 3.